The Morgan fingerprint density at radius 3 is 2.58 bits per heavy atom. The van der Waals surface area contributed by atoms with E-state index in [0.717, 1.165) is 18.0 Å². The Hall–Kier alpha value is -3.17. The summed E-state index contributed by atoms with van der Waals surface area (Å²) in [5, 5.41) is 6.54. The van der Waals surface area contributed by atoms with Crippen molar-refractivity contribution in [3.8, 4) is 0 Å². The average molecular weight is 362 g/mol. The molecule has 0 radical (unpaired) electrons. The summed E-state index contributed by atoms with van der Waals surface area (Å²) in [6, 6.07) is 5.69. The minimum absolute atomic E-state index is 0.0306. The maximum Gasteiger partial charge on any atom is 0.433 e. The van der Waals surface area contributed by atoms with Gasteiger partial charge in [0.15, 0.2) is 11.3 Å². The third kappa shape index (κ3) is 2.93. The quantitative estimate of drug-likeness (QED) is 0.769. The zero-order valence-corrected chi connectivity index (χ0v) is 13.3. The number of carbonyl (C=O) groups excluding carboxylic acids is 1. The van der Waals surface area contributed by atoms with E-state index in [1.54, 1.807) is 12.4 Å². The highest BCUT2D eigenvalue weighted by Gasteiger charge is 2.35. The number of hydrogen-bond acceptors (Lipinski definition) is 5. The van der Waals surface area contributed by atoms with Gasteiger partial charge in [0.1, 0.15) is 5.69 Å². The normalized spacial score (nSPS) is 15.1. The molecule has 1 aliphatic heterocycles. The molecule has 1 amide bonds. The minimum atomic E-state index is -4.58. The molecule has 0 aromatic carbocycles. The van der Waals surface area contributed by atoms with Crippen LogP contribution in [0.2, 0.25) is 0 Å². The molecule has 3 aromatic heterocycles. The van der Waals surface area contributed by atoms with Crippen molar-refractivity contribution in [2.24, 2.45) is 0 Å². The van der Waals surface area contributed by atoms with E-state index in [-0.39, 0.29) is 17.4 Å². The first-order chi connectivity index (χ1) is 12.4. The Bertz CT molecular complexity index is 950. The van der Waals surface area contributed by atoms with Crippen LogP contribution in [-0.2, 0) is 6.18 Å². The summed E-state index contributed by atoms with van der Waals surface area (Å²) in [5.41, 5.74) is -0.111. The molecular weight excluding hydrogens is 349 g/mol. The highest BCUT2D eigenvalue weighted by atomic mass is 19.4. The second-order valence-corrected chi connectivity index (χ2v) is 5.91. The fraction of sp³-hybridized carbons (Fsp3) is 0.250. The van der Waals surface area contributed by atoms with E-state index < -0.39 is 17.8 Å². The molecule has 0 aliphatic carbocycles. The first-order valence-corrected chi connectivity index (χ1v) is 7.79. The van der Waals surface area contributed by atoms with Gasteiger partial charge in [0.2, 0.25) is 0 Å². The van der Waals surface area contributed by atoms with Crippen LogP contribution in [0.15, 0.2) is 42.9 Å². The number of nitrogens with one attached hydrogen (secondary N) is 1. The Balaban J connectivity index is 1.46. The third-order valence-corrected chi connectivity index (χ3v) is 4.13. The second-order valence-electron chi connectivity index (χ2n) is 5.91. The van der Waals surface area contributed by atoms with Gasteiger partial charge in [-0.15, -0.1) is 0 Å². The topological polar surface area (TPSA) is 75.4 Å². The molecule has 1 saturated heterocycles. The molecule has 0 saturated carbocycles. The molecule has 134 valence electrons. The number of hydrogen-bond donors (Lipinski definition) is 1. The molecule has 1 aliphatic rings. The van der Waals surface area contributed by atoms with Crippen molar-refractivity contribution in [1.29, 1.82) is 0 Å². The van der Waals surface area contributed by atoms with Crippen molar-refractivity contribution in [3.63, 3.8) is 0 Å². The van der Waals surface area contributed by atoms with Gasteiger partial charge in [-0.25, -0.2) is 9.50 Å². The average Bonchev–Trinajstić information content (AvgIpc) is 3.01. The molecule has 0 atom stereocenters. The van der Waals surface area contributed by atoms with Crippen molar-refractivity contribution in [3.05, 3.63) is 54.2 Å². The van der Waals surface area contributed by atoms with Gasteiger partial charge in [0, 0.05) is 43.4 Å². The summed E-state index contributed by atoms with van der Waals surface area (Å²) in [7, 11) is 0. The van der Waals surface area contributed by atoms with Crippen LogP contribution in [0.4, 0.5) is 18.9 Å². The Labute approximate surface area is 145 Å². The minimum Gasteiger partial charge on any atom is -0.367 e. The van der Waals surface area contributed by atoms with E-state index in [2.05, 4.69) is 25.3 Å². The van der Waals surface area contributed by atoms with E-state index in [4.69, 9.17) is 0 Å². The first kappa shape index (κ1) is 16.3. The standard InChI is InChI=1S/C16H13F3N6O/c17-16(18,19)13-3-6-21-14-7-12(23-25(13)14)15(26)22-10-8-24(9-10)11-1-4-20-5-2-11/h1-7,10H,8-9H2,(H,22,26). The number of amides is 1. The maximum atomic E-state index is 13.0. The van der Waals surface area contributed by atoms with Gasteiger partial charge in [0.25, 0.3) is 5.91 Å². The van der Waals surface area contributed by atoms with Gasteiger partial charge in [-0.2, -0.15) is 18.3 Å². The summed E-state index contributed by atoms with van der Waals surface area (Å²) in [6.45, 7) is 1.21. The fourth-order valence-corrected chi connectivity index (χ4v) is 2.82. The van der Waals surface area contributed by atoms with E-state index in [1.807, 2.05) is 12.1 Å². The van der Waals surface area contributed by atoms with E-state index >= 15 is 0 Å². The molecule has 4 heterocycles. The molecule has 0 spiro atoms. The Morgan fingerprint density at radius 2 is 1.88 bits per heavy atom. The van der Waals surface area contributed by atoms with Gasteiger partial charge < -0.3 is 10.2 Å². The lowest BCUT2D eigenvalue weighted by molar-refractivity contribution is -0.142. The van der Waals surface area contributed by atoms with E-state index in [9.17, 15) is 18.0 Å². The predicted octanol–water partition coefficient (Wildman–Crippen LogP) is 1.76. The number of fused-ring (bicyclic) bond motifs is 1. The molecule has 1 N–H and O–H groups in total. The molecular formula is C16H13F3N6O. The van der Waals surface area contributed by atoms with Crippen LogP contribution in [0.5, 0.6) is 0 Å². The molecule has 0 unspecified atom stereocenters. The number of halogens is 3. The largest absolute Gasteiger partial charge is 0.433 e. The summed E-state index contributed by atoms with van der Waals surface area (Å²) in [4.78, 5) is 22.1. The lowest BCUT2D eigenvalue weighted by atomic mass is 10.1. The van der Waals surface area contributed by atoms with Crippen molar-refractivity contribution >= 4 is 17.2 Å². The molecule has 26 heavy (non-hydrogen) atoms. The van der Waals surface area contributed by atoms with E-state index in [0.29, 0.717) is 17.6 Å². The number of aromatic nitrogens is 4. The number of anilines is 1. The number of alkyl halides is 3. The van der Waals surface area contributed by atoms with Gasteiger partial charge >= 0.3 is 6.18 Å². The number of pyridine rings is 1. The molecule has 10 heteroatoms. The van der Waals surface area contributed by atoms with Crippen LogP contribution < -0.4 is 10.2 Å². The predicted molar refractivity (Wildman–Crippen MR) is 85.7 cm³/mol. The van der Waals surface area contributed by atoms with Crippen LogP contribution >= 0.6 is 0 Å². The molecule has 0 bridgehead atoms. The number of rotatable bonds is 3. The van der Waals surface area contributed by atoms with Crippen LogP contribution in [0.1, 0.15) is 16.2 Å². The molecule has 3 aromatic rings. The first-order valence-electron chi connectivity index (χ1n) is 7.79. The second kappa shape index (κ2) is 5.97. The fourth-order valence-electron chi connectivity index (χ4n) is 2.82. The van der Waals surface area contributed by atoms with Crippen LogP contribution in [0.3, 0.4) is 0 Å². The summed E-state index contributed by atoms with van der Waals surface area (Å²) in [5.74, 6) is -0.525. The molecule has 1 fully saturated rings. The van der Waals surface area contributed by atoms with Gasteiger partial charge in [-0.1, -0.05) is 0 Å². The maximum absolute atomic E-state index is 13.0. The van der Waals surface area contributed by atoms with Crippen LogP contribution in [0, 0.1) is 0 Å². The zero-order chi connectivity index (χ0) is 18.3. The highest BCUT2D eigenvalue weighted by Crippen LogP contribution is 2.29. The van der Waals surface area contributed by atoms with E-state index in [1.165, 1.54) is 6.07 Å². The molecule has 4 rings (SSSR count). The zero-order valence-electron chi connectivity index (χ0n) is 13.3. The van der Waals surface area contributed by atoms with Gasteiger partial charge in [-0.3, -0.25) is 9.78 Å². The van der Waals surface area contributed by atoms with Gasteiger partial charge in [0.05, 0.1) is 6.04 Å². The van der Waals surface area contributed by atoms with Crippen LogP contribution in [-0.4, -0.2) is 44.6 Å². The highest BCUT2D eigenvalue weighted by molar-refractivity contribution is 5.93. The SMILES string of the molecule is O=C(NC1CN(c2ccncc2)C1)c1cc2nccc(C(F)(F)F)n2n1. The summed E-state index contributed by atoms with van der Waals surface area (Å²) in [6.07, 6.45) is -0.174. The number of carbonyl (C=O) groups is 1. The van der Waals surface area contributed by atoms with Crippen molar-refractivity contribution < 1.29 is 18.0 Å². The summed E-state index contributed by atoms with van der Waals surface area (Å²) >= 11 is 0. The summed E-state index contributed by atoms with van der Waals surface area (Å²) < 4.78 is 39.7. The van der Waals surface area contributed by atoms with Crippen molar-refractivity contribution in [2.45, 2.75) is 12.2 Å². The monoisotopic (exact) mass is 362 g/mol. The number of nitrogens with zero attached hydrogens (tertiary/aromatic N) is 5. The van der Waals surface area contributed by atoms with Crippen molar-refractivity contribution in [2.75, 3.05) is 18.0 Å². The van der Waals surface area contributed by atoms with Gasteiger partial charge in [-0.05, 0) is 18.2 Å². The Morgan fingerprint density at radius 1 is 1.15 bits per heavy atom. The lowest BCUT2D eigenvalue weighted by Gasteiger charge is -2.41. The van der Waals surface area contributed by atoms with Crippen LogP contribution in [0.25, 0.3) is 5.65 Å². The Kier molecular flexibility index (Phi) is 3.74. The smallest absolute Gasteiger partial charge is 0.367 e. The molecule has 7 nitrogen and oxygen atoms in total. The lowest BCUT2D eigenvalue weighted by Crippen LogP contribution is -2.59. The third-order valence-electron chi connectivity index (χ3n) is 4.13. The van der Waals surface area contributed by atoms with Crippen molar-refractivity contribution in [1.82, 2.24) is 24.9 Å².